The molecule has 0 aromatic carbocycles. The lowest BCUT2D eigenvalue weighted by atomic mass is 9.66. The summed E-state index contributed by atoms with van der Waals surface area (Å²) in [4.78, 5) is 45.7. The van der Waals surface area contributed by atoms with Crippen LogP contribution in [0.15, 0.2) is 25.3 Å². The molecular weight excluding hydrogens is 500 g/mol. The summed E-state index contributed by atoms with van der Waals surface area (Å²) < 4.78 is 4.96. The summed E-state index contributed by atoms with van der Waals surface area (Å²) in [6.45, 7) is 17.1. The number of thioether (sulfide) groups is 1. The molecule has 2 bridgehead atoms. The number of unbranched alkanes of at least 4 members (excludes halogenated alkanes) is 3. The Bertz CT molecular complexity index is 879. The van der Waals surface area contributed by atoms with Gasteiger partial charge < -0.3 is 19.6 Å². The van der Waals surface area contributed by atoms with Crippen LogP contribution in [0.25, 0.3) is 0 Å². The van der Waals surface area contributed by atoms with Crippen molar-refractivity contribution in [1.29, 1.82) is 0 Å². The first-order valence-electron chi connectivity index (χ1n) is 14.5. The molecule has 3 fully saturated rings. The molecule has 7 atom stereocenters. The first kappa shape index (κ1) is 30.7. The van der Waals surface area contributed by atoms with Crippen LogP contribution in [0.4, 0.5) is 0 Å². The van der Waals surface area contributed by atoms with E-state index in [9.17, 15) is 19.5 Å². The third kappa shape index (κ3) is 5.72. The zero-order valence-electron chi connectivity index (χ0n) is 23.8. The Morgan fingerprint density at radius 3 is 2.61 bits per heavy atom. The normalized spacial score (nSPS) is 30.4. The molecule has 0 radical (unpaired) electrons. The second kappa shape index (κ2) is 13.5. The quantitative estimate of drug-likeness (QED) is 0.174. The fourth-order valence-corrected chi connectivity index (χ4v) is 9.28. The maximum Gasteiger partial charge on any atom is 0.310 e. The SMILES string of the molecule is C=CCCCOC(=O)[C@@H]1[C@@H]2CC(C)C3(S2)C(C(=O)N(CC=C)CCCCC)N([C@@H](CO)CC(C)C)C(=O)[C@H]13. The average Bonchev–Trinajstić information content (AvgIpc) is 3.48. The van der Waals surface area contributed by atoms with Crippen molar-refractivity contribution in [3.8, 4) is 0 Å². The first-order chi connectivity index (χ1) is 18.2. The highest BCUT2D eigenvalue weighted by Crippen LogP contribution is 2.69. The number of nitrogens with zero attached hydrogens (tertiary/aromatic N) is 2. The van der Waals surface area contributed by atoms with Crippen molar-refractivity contribution >= 4 is 29.5 Å². The number of aliphatic hydroxyl groups excluding tert-OH is 1. The lowest BCUT2D eigenvalue weighted by Crippen LogP contribution is -2.59. The molecule has 214 valence electrons. The molecule has 3 aliphatic rings. The van der Waals surface area contributed by atoms with E-state index in [2.05, 4.69) is 40.9 Å². The van der Waals surface area contributed by atoms with Crippen molar-refractivity contribution in [2.45, 2.75) is 94.7 Å². The summed E-state index contributed by atoms with van der Waals surface area (Å²) >= 11 is 1.66. The highest BCUT2D eigenvalue weighted by atomic mass is 32.2. The predicted molar refractivity (Wildman–Crippen MR) is 153 cm³/mol. The number of ether oxygens (including phenoxy) is 1. The number of fused-ring (bicyclic) bond motifs is 1. The van der Waals surface area contributed by atoms with E-state index in [1.807, 2.05) is 4.90 Å². The smallest absolute Gasteiger partial charge is 0.310 e. The predicted octanol–water partition coefficient (Wildman–Crippen LogP) is 4.44. The number of rotatable bonds is 16. The van der Waals surface area contributed by atoms with Crippen LogP contribution < -0.4 is 0 Å². The molecule has 3 aliphatic heterocycles. The second-order valence-electron chi connectivity index (χ2n) is 11.6. The Labute approximate surface area is 233 Å². The summed E-state index contributed by atoms with van der Waals surface area (Å²) in [5.74, 6) is -1.47. The van der Waals surface area contributed by atoms with Crippen LogP contribution in [0.5, 0.6) is 0 Å². The molecule has 1 spiro atoms. The van der Waals surface area contributed by atoms with Gasteiger partial charge in [0.05, 0.1) is 35.8 Å². The number of amides is 2. The monoisotopic (exact) mass is 548 g/mol. The molecule has 3 heterocycles. The van der Waals surface area contributed by atoms with Crippen LogP contribution in [0.3, 0.4) is 0 Å². The van der Waals surface area contributed by atoms with E-state index in [1.165, 1.54) is 0 Å². The number of hydrogen-bond acceptors (Lipinski definition) is 6. The van der Waals surface area contributed by atoms with Gasteiger partial charge in [-0.25, -0.2) is 0 Å². The van der Waals surface area contributed by atoms with Gasteiger partial charge in [0.15, 0.2) is 0 Å². The Balaban J connectivity index is 2.03. The molecule has 1 N–H and O–H groups in total. The average molecular weight is 549 g/mol. The third-order valence-electron chi connectivity index (χ3n) is 8.53. The molecule has 8 heteroatoms. The van der Waals surface area contributed by atoms with E-state index in [0.717, 1.165) is 32.1 Å². The van der Waals surface area contributed by atoms with Crippen LogP contribution in [0.1, 0.15) is 72.6 Å². The molecule has 7 nitrogen and oxygen atoms in total. The number of esters is 1. The Morgan fingerprint density at radius 2 is 2.00 bits per heavy atom. The largest absolute Gasteiger partial charge is 0.465 e. The fraction of sp³-hybridized carbons (Fsp3) is 0.767. The Morgan fingerprint density at radius 1 is 1.26 bits per heavy atom. The van der Waals surface area contributed by atoms with Crippen LogP contribution in [-0.4, -0.2) is 81.1 Å². The summed E-state index contributed by atoms with van der Waals surface area (Å²) in [6, 6.07) is -1.20. The van der Waals surface area contributed by atoms with Gasteiger partial charge in [-0.15, -0.1) is 24.9 Å². The molecule has 0 aliphatic carbocycles. The number of hydrogen-bond donors (Lipinski definition) is 1. The maximum absolute atomic E-state index is 14.4. The molecule has 3 rings (SSSR count). The number of likely N-dealkylation sites (tertiary alicyclic amines) is 1. The number of allylic oxidation sites excluding steroid dienone is 1. The molecule has 0 aromatic rings. The summed E-state index contributed by atoms with van der Waals surface area (Å²) in [7, 11) is 0. The molecule has 2 amide bonds. The standard InChI is InChI=1S/C30H48N2O5S/c1-7-10-12-15-31(14-9-3)28(35)26-30-21(6)18-23(38-30)24(29(36)37-16-13-11-8-2)25(30)27(34)32(26)22(19-33)17-20(4)5/h8-9,20-26,33H,2-3,7,10-19H2,1,4-6H3/t21?,22-,23+,24-,25+,26?,30?/m1/s1. The van der Waals surface area contributed by atoms with Gasteiger partial charge in [0.25, 0.3) is 0 Å². The number of carbonyl (C=O) groups excluding carboxylic acids is 3. The van der Waals surface area contributed by atoms with Crippen LogP contribution in [0, 0.1) is 23.7 Å². The van der Waals surface area contributed by atoms with Crippen molar-refractivity contribution in [2.75, 3.05) is 26.3 Å². The molecule has 0 saturated carbocycles. The van der Waals surface area contributed by atoms with Gasteiger partial charge in [-0.05, 0) is 43.9 Å². The number of aliphatic hydroxyl groups is 1. The van der Waals surface area contributed by atoms with Gasteiger partial charge in [0, 0.05) is 18.3 Å². The van der Waals surface area contributed by atoms with Gasteiger partial charge >= 0.3 is 5.97 Å². The zero-order chi connectivity index (χ0) is 28.0. The van der Waals surface area contributed by atoms with E-state index in [0.29, 0.717) is 32.5 Å². The van der Waals surface area contributed by atoms with Crippen LogP contribution in [-0.2, 0) is 19.1 Å². The van der Waals surface area contributed by atoms with E-state index in [-0.39, 0.29) is 41.5 Å². The lowest BCUT2D eigenvalue weighted by Gasteiger charge is -2.42. The van der Waals surface area contributed by atoms with Crippen molar-refractivity contribution in [1.82, 2.24) is 9.80 Å². The van der Waals surface area contributed by atoms with Crippen molar-refractivity contribution < 1.29 is 24.2 Å². The minimum atomic E-state index is -0.721. The Kier molecular flexibility index (Phi) is 10.9. The minimum Gasteiger partial charge on any atom is -0.465 e. The molecule has 0 aromatic heterocycles. The first-order valence-corrected chi connectivity index (χ1v) is 15.3. The molecule has 3 saturated heterocycles. The maximum atomic E-state index is 14.4. The van der Waals surface area contributed by atoms with Crippen LogP contribution in [0.2, 0.25) is 0 Å². The minimum absolute atomic E-state index is 0.0473. The molecular formula is C30H48N2O5S. The van der Waals surface area contributed by atoms with Gasteiger partial charge in [-0.2, -0.15) is 0 Å². The third-order valence-corrected chi connectivity index (χ3v) is 10.6. The molecule has 3 unspecified atom stereocenters. The van der Waals surface area contributed by atoms with E-state index < -0.39 is 28.7 Å². The Hall–Kier alpha value is -1.80. The van der Waals surface area contributed by atoms with Gasteiger partial charge in [-0.1, -0.05) is 52.7 Å². The highest BCUT2D eigenvalue weighted by Gasteiger charge is 2.77. The van der Waals surface area contributed by atoms with Gasteiger partial charge in [0.2, 0.25) is 11.8 Å². The van der Waals surface area contributed by atoms with E-state index in [1.54, 1.807) is 28.8 Å². The summed E-state index contributed by atoms with van der Waals surface area (Å²) in [5, 5.41) is 10.4. The topological polar surface area (TPSA) is 87.2 Å². The summed E-state index contributed by atoms with van der Waals surface area (Å²) in [6.07, 6.45) is 9.29. The van der Waals surface area contributed by atoms with E-state index >= 15 is 0 Å². The fourth-order valence-electron chi connectivity index (χ4n) is 6.89. The number of carbonyl (C=O) groups is 3. The lowest BCUT2D eigenvalue weighted by molar-refractivity contribution is -0.155. The van der Waals surface area contributed by atoms with Crippen LogP contribution >= 0.6 is 11.8 Å². The highest BCUT2D eigenvalue weighted by molar-refractivity contribution is 8.02. The zero-order valence-corrected chi connectivity index (χ0v) is 24.6. The summed E-state index contributed by atoms with van der Waals surface area (Å²) in [5.41, 5.74) is 0. The van der Waals surface area contributed by atoms with Crippen molar-refractivity contribution in [2.24, 2.45) is 23.7 Å². The van der Waals surface area contributed by atoms with E-state index in [4.69, 9.17) is 4.74 Å². The van der Waals surface area contributed by atoms with Crippen molar-refractivity contribution in [3.63, 3.8) is 0 Å². The van der Waals surface area contributed by atoms with Crippen molar-refractivity contribution in [3.05, 3.63) is 25.3 Å². The van der Waals surface area contributed by atoms with Gasteiger partial charge in [0.1, 0.15) is 6.04 Å². The van der Waals surface area contributed by atoms with Gasteiger partial charge in [-0.3, -0.25) is 14.4 Å². The second-order valence-corrected chi connectivity index (χ2v) is 13.2. The molecule has 38 heavy (non-hydrogen) atoms.